The molecule has 0 aliphatic carbocycles. The molecule has 4 aliphatic heterocycles. The summed E-state index contributed by atoms with van der Waals surface area (Å²) in [6.07, 6.45) is -4.36. The lowest BCUT2D eigenvalue weighted by molar-refractivity contribution is -0.362. The number of hydrogen-bond acceptors (Lipinski definition) is 9. The van der Waals surface area contributed by atoms with E-state index >= 15 is 8.63 Å². The standard InChI is InChI=1S/C47H46BF3N4O10/c1-26-24-27(2)54-37(26)25-34-16-15-33(55(34)48(54,50)51)17-22-39(57)52-23-3-4-28-5-13-32(14-6-28)53-40(36(45(53)61)20-21-38(56)29-7-11-31(49)12-8-29)30-9-18-35(19-10-30)64-47-43(60)41(58)42(59)44(65-47)46(62)63/h5-16,18-19,24-25,36,38,40-44,47,56,58-60H,17,20-23H2,1-2H3,(H,52,57)(H,62,63)/t36-,38+,40-,41+,42+,43-,44+,47-/m1/s1. The van der Waals surface area contributed by atoms with Crippen molar-refractivity contribution in [1.29, 1.82) is 0 Å². The van der Waals surface area contributed by atoms with Crippen LogP contribution in [0.3, 0.4) is 0 Å². The smallest absolute Gasteiger partial charge is 0.479 e. The number of nitrogens with one attached hydrogen (secondary N) is 1. The van der Waals surface area contributed by atoms with Gasteiger partial charge in [0.2, 0.25) is 18.1 Å². The number of aromatic nitrogens is 1. The molecule has 0 spiro atoms. The molecule has 65 heavy (non-hydrogen) atoms. The minimum Gasteiger partial charge on any atom is -0.479 e. The molecule has 4 aromatic rings. The SMILES string of the molecule is Cc1cc(C)n2c1C=C1C=CC(CCC(=O)NCC#Cc3ccc(N4C(=O)[C@H](CC[C@H](O)c5ccc(F)cc5)[C@H]4c4ccc(O[C@@H]5O[C@H](C(=O)O)[C@@H](O)[C@H](O)[C@H]5O)cc4)cc3)=[N+]1[B-]2(F)F. The highest BCUT2D eigenvalue weighted by atomic mass is 19.2. The summed E-state index contributed by atoms with van der Waals surface area (Å²) in [4.78, 5) is 39.7. The van der Waals surface area contributed by atoms with Gasteiger partial charge in [-0.25, -0.2) is 9.18 Å². The molecule has 6 N–H and O–H groups in total. The van der Waals surface area contributed by atoms with Crippen LogP contribution in [0, 0.1) is 37.4 Å². The van der Waals surface area contributed by atoms with Crippen LogP contribution in [0.25, 0.3) is 6.08 Å². The molecule has 1 aromatic heterocycles. The van der Waals surface area contributed by atoms with Crippen LogP contribution in [0.1, 0.15) is 71.5 Å². The normalized spacial score (nSPS) is 24.6. The molecule has 2 fully saturated rings. The van der Waals surface area contributed by atoms with Crippen molar-refractivity contribution in [2.75, 3.05) is 11.4 Å². The van der Waals surface area contributed by atoms with Gasteiger partial charge in [0, 0.05) is 48.0 Å². The van der Waals surface area contributed by atoms with E-state index in [0.29, 0.717) is 45.2 Å². The van der Waals surface area contributed by atoms with Crippen molar-refractivity contribution in [1.82, 2.24) is 9.79 Å². The first-order chi connectivity index (χ1) is 31.0. The molecule has 0 radical (unpaired) electrons. The Kier molecular flexibility index (Phi) is 12.6. The van der Waals surface area contributed by atoms with Crippen molar-refractivity contribution >= 4 is 42.2 Å². The second kappa shape index (κ2) is 18.2. The Morgan fingerprint density at radius 3 is 2.37 bits per heavy atom. The molecule has 8 atom stereocenters. The van der Waals surface area contributed by atoms with Gasteiger partial charge in [0.05, 0.1) is 24.6 Å². The van der Waals surface area contributed by atoms with Gasteiger partial charge in [0.1, 0.15) is 35.6 Å². The van der Waals surface area contributed by atoms with Gasteiger partial charge in [-0.05, 0) is 104 Å². The molecule has 3 aromatic carbocycles. The number of aryl methyl sites for hydroxylation is 2. The highest BCUT2D eigenvalue weighted by molar-refractivity contribution is 6.58. The van der Waals surface area contributed by atoms with Crippen molar-refractivity contribution in [2.24, 2.45) is 5.92 Å². The van der Waals surface area contributed by atoms with Crippen LogP contribution in [-0.2, 0) is 19.1 Å². The number of ether oxygens (including phenoxy) is 2. The second-order valence-electron chi connectivity index (χ2n) is 16.5. The molecule has 18 heteroatoms. The predicted octanol–water partition coefficient (Wildman–Crippen LogP) is 4.28. The highest BCUT2D eigenvalue weighted by Gasteiger charge is 2.53. The van der Waals surface area contributed by atoms with Gasteiger partial charge in [0.15, 0.2) is 11.8 Å². The number of aliphatic hydroxyl groups is 4. The average molecular weight is 895 g/mol. The van der Waals surface area contributed by atoms with E-state index in [4.69, 9.17) is 9.47 Å². The summed E-state index contributed by atoms with van der Waals surface area (Å²) < 4.78 is 58.0. The van der Waals surface area contributed by atoms with E-state index in [0.717, 1.165) is 14.5 Å². The molecule has 2 amide bonds. The molecule has 4 aliphatic rings. The number of carbonyl (C=O) groups excluding carboxylic acids is 2. The summed E-state index contributed by atoms with van der Waals surface area (Å²) in [5, 5.41) is 53.7. The van der Waals surface area contributed by atoms with Crippen LogP contribution >= 0.6 is 0 Å². The van der Waals surface area contributed by atoms with Gasteiger partial charge in [-0.2, -0.15) is 0 Å². The van der Waals surface area contributed by atoms with E-state index in [1.165, 1.54) is 36.4 Å². The quantitative estimate of drug-likeness (QED) is 0.0642. The molecule has 2 saturated heterocycles. The Bertz CT molecular complexity index is 2660. The third kappa shape index (κ3) is 8.85. The van der Waals surface area contributed by atoms with Gasteiger partial charge in [-0.3, -0.25) is 9.59 Å². The van der Waals surface area contributed by atoms with E-state index in [9.17, 15) is 44.3 Å². The number of carboxylic acids is 1. The Morgan fingerprint density at radius 2 is 1.68 bits per heavy atom. The van der Waals surface area contributed by atoms with Gasteiger partial charge < -0.3 is 62.8 Å². The average Bonchev–Trinajstić information content (AvgIpc) is 3.84. The van der Waals surface area contributed by atoms with Crippen molar-refractivity contribution in [3.63, 3.8) is 0 Å². The minimum atomic E-state index is -4.13. The summed E-state index contributed by atoms with van der Waals surface area (Å²) in [7, 11) is 0. The number of anilines is 1. The summed E-state index contributed by atoms with van der Waals surface area (Å²) in [6, 6.07) is 20.0. The molecular weight excluding hydrogens is 848 g/mol. The van der Waals surface area contributed by atoms with Crippen molar-refractivity contribution in [3.8, 4) is 17.6 Å². The predicted molar refractivity (Wildman–Crippen MR) is 231 cm³/mol. The zero-order valence-corrected chi connectivity index (χ0v) is 35.2. The fourth-order valence-electron chi connectivity index (χ4n) is 8.94. The van der Waals surface area contributed by atoms with Crippen molar-refractivity contribution in [2.45, 2.75) is 82.4 Å². The Labute approximate surface area is 371 Å². The largest absolute Gasteiger partial charge is 0.737 e. The zero-order chi connectivity index (χ0) is 46.3. The Hall–Kier alpha value is -6.49. The molecular formula is C47H46BF3N4O10. The molecule has 0 unspecified atom stereocenters. The third-order valence-electron chi connectivity index (χ3n) is 12.3. The number of fused-ring (bicyclic) bond motifs is 2. The first-order valence-electron chi connectivity index (χ1n) is 21.1. The third-order valence-corrected chi connectivity index (χ3v) is 12.3. The molecule has 5 heterocycles. The van der Waals surface area contributed by atoms with Crippen LogP contribution in [0.15, 0.2) is 96.7 Å². The fourth-order valence-corrected chi connectivity index (χ4v) is 8.94. The fraction of sp³-hybridized carbons (Fsp3) is 0.319. The minimum absolute atomic E-state index is 0.0122. The van der Waals surface area contributed by atoms with E-state index < -0.39 is 67.5 Å². The first-order valence-corrected chi connectivity index (χ1v) is 21.1. The monoisotopic (exact) mass is 894 g/mol. The lowest BCUT2D eigenvalue weighted by atomic mass is 9.78. The highest BCUT2D eigenvalue weighted by Crippen LogP contribution is 2.47. The lowest BCUT2D eigenvalue weighted by Gasteiger charge is -2.48. The van der Waals surface area contributed by atoms with Gasteiger partial charge in [0.25, 0.3) is 0 Å². The van der Waals surface area contributed by atoms with Crippen LogP contribution < -0.4 is 15.0 Å². The van der Waals surface area contributed by atoms with Gasteiger partial charge in [-0.15, -0.1) is 0 Å². The number of benzene rings is 3. The maximum atomic E-state index is 15.7. The summed E-state index contributed by atoms with van der Waals surface area (Å²) in [5.74, 6) is 2.89. The molecule has 0 bridgehead atoms. The number of aliphatic carboxylic acids is 1. The van der Waals surface area contributed by atoms with Crippen LogP contribution in [0.2, 0.25) is 0 Å². The summed E-state index contributed by atoms with van der Waals surface area (Å²) in [6.45, 7) is -0.663. The molecule has 0 saturated carbocycles. The number of nitrogens with zero attached hydrogens (tertiary/aromatic N) is 3. The van der Waals surface area contributed by atoms with Crippen molar-refractivity contribution < 1.29 is 66.9 Å². The van der Waals surface area contributed by atoms with E-state index in [1.54, 1.807) is 79.4 Å². The number of carbonyl (C=O) groups is 3. The number of allylic oxidation sites excluding steroid dienone is 2. The molecule has 14 nitrogen and oxygen atoms in total. The number of halogens is 3. The first kappa shape index (κ1) is 45.1. The Morgan fingerprint density at radius 1 is 0.969 bits per heavy atom. The number of β-lactam (4-membered cyclic amide) rings is 1. The van der Waals surface area contributed by atoms with E-state index in [-0.39, 0.29) is 49.8 Å². The van der Waals surface area contributed by atoms with E-state index in [1.807, 2.05) is 0 Å². The van der Waals surface area contributed by atoms with Crippen LogP contribution in [-0.4, -0.2) is 102 Å². The number of aliphatic hydroxyl groups excluding tert-OH is 4. The second-order valence-corrected chi connectivity index (χ2v) is 16.5. The topological polar surface area (TPSA) is 194 Å². The number of amides is 2. The lowest BCUT2D eigenvalue weighted by Crippen LogP contribution is -2.61. The number of carboxylic acid groups (broad SMARTS) is 1. The number of hydrogen-bond donors (Lipinski definition) is 6. The van der Waals surface area contributed by atoms with Crippen molar-refractivity contribution in [3.05, 3.63) is 136 Å². The number of rotatable bonds is 13. The maximum Gasteiger partial charge on any atom is 0.737 e. The summed E-state index contributed by atoms with van der Waals surface area (Å²) >= 11 is 0. The van der Waals surface area contributed by atoms with E-state index in [2.05, 4.69) is 17.2 Å². The zero-order valence-electron chi connectivity index (χ0n) is 35.2. The van der Waals surface area contributed by atoms with Gasteiger partial charge >= 0.3 is 12.9 Å². The maximum absolute atomic E-state index is 15.7. The summed E-state index contributed by atoms with van der Waals surface area (Å²) in [5.41, 5.74) is 4.78. The molecule has 338 valence electrons. The Balaban J connectivity index is 0.913. The van der Waals surface area contributed by atoms with Crippen LogP contribution in [0.4, 0.5) is 18.7 Å². The van der Waals surface area contributed by atoms with Crippen LogP contribution in [0.5, 0.6) is 5.75 Å². The molecule has 8 rings (SSSR count). The van der Waals surface area contributed by atoms with Gasteiger partial charge in [-0.1, -0.05) is 36.1 Å².